The van der Waals surface area contributed by atoms with E-state index >= 15 is 0 Å². The van der Waals surface area contributed by atoms with Gasteiger partial charge in [-0.1, -0.05) is 17.2 Å². The number of aromatic nitrogens is 2. The first-order chi connectivity index (χ1) is 7.72. The molecule has 0 aliphatic heterocycles. The predicted octanol–water partition coefficient (Wildman–Crippen LogP) is 2.33. The van der Waals surface area contributed by atoms with Crippen LogP contribution in [-0.2, 0) is 4.57 Å². The van der Waals surface area contributed by atoms with E-state index < -0.39 is 7.60 Å². The zero-order valence-electron chi connectivity index (χ0n) is 8.40. The van der Waals surface area contributed by atoms with Crippen molar-refractivity contribution in [1.82, 2.24) is 10.3 Å². The molecule has 0 unspecified atom stereocenters. The van der Waals surface area contributed by atoms with Gasteiger partial charge in [-0.15, -0.1) is 0 Å². The number of hydrogen-bond donors (Lipinski definition) is 0. The van der Waals surface area contributed by atoms with E-state index in [9.17, 15) is 4.57 Å². The molecular weight excluding hydrogens is 235 g/mol. The van der Waals surface area contributed by atoms with E-state index in [2.05, 4.69) is 19.4 Å². The lowest BCUT2D eigenvalue weighted by molar-refractivity contribution is 0.262. The van der Waals surface area contributed by atoms with Crippen LogP contribution in [0.5, 0.6) is 11.9 Å². The Bertz CT molecular complexity index is 426. The van der Waals surface area contributed by atoms with Gasteiger partial charge in [-0.3, -0.25) is 0 Å². The molecule has 16 heavy (non-hydrogen) atoms. The molecule has 0 aliphatic rings. The van der Waals surface area contributed by atoms with Gasteiger partial charge < -0.3 is 18.1 Å². The first-order valence-corrected chi connectivity index (χ1v) is 6.24. The lowest BCUT2D eigenvalue weighted by Gasteiger charge is -2.13. The van der Waals surface area contributed by atoms with Crippen molar-refractivity contribution < 1.29 is 22.7 Å². The minimum Gasteiger partial charge on any atom is -0.381 e. The van der Waals surface area contributed by atoms with Crippen molar-refractivity contribution in [2.75, 3.05) is 6.16 Å². The van der Waals surface area contributed by atoms with Crippen LogP contribution in [0.1, 0.15) is 6.92 Å². The summed E-state index contributed by atoms with van der Waals surface area (Å²) in [6, 6.07) is 2.87. The molecule has 0 spiro atoms. The number of nitrogens with zero attached hydrogens (tertiary/aromatic N) is 2. The molecule has 0 fully saturated rings. The van der Waals surface area contributed by atoms with Gasteiger partial charge in [0, 0.05) is 12.1 Å². The van der Waals surface area contributed by atoms with Crippen LogP contribution in [0.25, 0.3) is 0 Å². The van der Waals surface area contributed by atoms with Crippen LogP contribution in [0, 0.1) is 0 Å². The summed E-state index contributed by atoms with van der Waals surface area (Å²) in [5, 5.41) is 6.85. The standard InChI is InChI=1S/C8H9N2O5P/c1-2-16(11,14-7-3-5-9-12-7)15-8-4-6-10-13-8/h3-6H,2H2,1H3. The average molecular weight is 244 g/mol. The molecule has 0 saturated heterocycles. The number of hydrogen-bond acceptors (Lipinski definition) is 7. The van der Waals surface area contributed by atoms with Crippen molar-refractivity contribution in [3.63, 3.8) is 0 Å². The van der Waals surface area contributed by atoms with E-state index in [1.807, 2.05) is 0 Å². The summed E-state index contributed by atoms with van der Waals surface area (Å²) in [4.78, 5) is 0. The Morgan fingerprint density at radius 1 is 1.19 bits per heavy atom. The smallest absolute Gasteiger partial charge is 0.381 e. The summed E-state index contributed by atoms with van der Waals surface area (Å²) >= 11 is 0. The molecule has 0 bridgehead atoms. The quantitative estimate of drug-likeness (QED) is 0.745. The summed E-state index contributed by atoms with van der Waals surface area (Å²) in [7, 11) is -3.35. The van der Waals surface area contributed by atoms with Crippen LogP contribution in [-0.4, -0.2) is 16.5 Å². The van der Waals surface area contributed by atoms with Gasteiger partial charge >= 0.3 is 19.5 Å². The first-order valence-electron chi connectivity index (χ1n) is 4.51. The molecule has 8 heteroatoms. The van der Waals surface area contributed by atoms with Crippen LogP contribution in [0.2, 0.25) is 0 Å². The predicted molar refractivity (Wildman–Crippen MR) is 52.4 cm³/mol. The van der Waals surface area contributed by atoms with Crippen LogP contribution < -0.4 is 9.05 Å². The Hall–Kier alpha value is -1.75. The minimum atomic E-state index is -3.35. The van der Waals surface area contributed by atoms with E-state index in [0.29, 0.717) is 0 Å². The maximum atomic E-state index is 12.1. The maximum absolute atomic E-state index is 12.1. The second kappa shape index (κ2) is 4.40. The van der Waals surface area contributed by atoms with Gasteiger partial charge in [0.2, 0.25) is 0 Å². The molecule has 0 amide bonds. The molecule has 86 valence electrons. The lowest BCUT2D eigenvalue weighted by Crippen LogP contribution is -2.02. The molecule has 2 heterocycles. The van der Waals surface area contributed by atoms with E-state index in [-0.39, 0.29) is 18.1 Å². The normalized spacial score (nSPS) is 11.3. The molecule has 0 radical (unpaired) electrons. The third-order valence-corrected chi connectivity index (χ3v) is 3.36. The Morgan fingerprint density at radius 2 is 1.69 bits per heavy atom. The SMILES string of the molecule is CCP(=O)(Oc1ccno1)Oc1ccno1. The molecular formula is C8H9N2O5P. The Kier molecular flexibility index (Phi) is 2.96. The van der Waals surface area contributed by atoms with Crippen molar-refractivity contribution >= 4 is 7.60 Å². The Labute approximate surface area is 90.8 Å². The van der Waals surface area contributed by atoms with E-state index in [1.54, 1.807) is 6.92 Å². The first kappa shape index (κ1) is 10.8. The van der Waals surface area contributed by atoms with Crippen molar-refractivity contribution in [1.29, 1.82) is 0 Å². The highest BCUT2D eigenvalue weighted by atomic mass is 31.2. The van der Waals surface area contributed by atoms with Gasteiger partial charge in [0.25, 0.3) is 0 Å². The fourth-order valence-corrected chi connectivity index (χ4v) is 1.96. The lowest BCUT2D eigenvalue weighted by atomic mass is 10.7. The van der Waals surface area contributed by atoms with Crippen molar-refractivity contribution in [3.05, 3.63) is 24.5 Å². The molecule has 0 aromatic carbocycles. The highest BCUT2D eigenvalue weighted by Gasteiger charge is 2.28. The van der Waals surface area contributed by atoms with Crippen LogP contribution in [0.15, 0.2) is 33.6 Å². The van der Waals surface area contributed by atoms with Gasteiger partial charge in [0.05, 0.1) is 18.6 Å². The highest BCUT2D eigenvalue weighted by molar-refractivity contribution is 7.54. The summed E-state index contributed by atoms with van der Waals surface area (Å²) < 4.78 is 31.6. The maximum Gasteiger partial charge on any atom is 0.435 e. The number of rotatable bonds is 5. The van der Waals surface area contributed by atoms with Crippen LogP contribution >= 0.6 is 7.60 Å². The van der Waals surface area contributed by atoms with Crippen LogP contribution in [0.4, 0.5) is 0 Å². The van der Waals surface area contributed by atoms with Crippen LogP contribution in [0.3, 0.4) is 0 Å². The van der Waals surface area contributed by atoms with Gasteiger partial charge in [-0.2, -0.15) is 0 Å². The largest absolute Gasteiger partial charge is 0.435 e. The van der Waals surface area contributed by atoms with E-state index in [4.69, 9.17) is 9.05 Å². The van der Waals surface area contributed by atoms with Crippen molar-refractivity contribution in [2.24, 2.45) is 0 Å². The third-order valence-electron chi connectivity index (χ3n) is 1.67. The zero-order chi connectivity index (χ0) is 11.4. The minimum absolute atomic E-state index is 0.0321. The molecule has 0 saturated carbocycles. The topological polar surface area (TPSA) is 87.6 Å². The summed E-state index contributed by atoms with van der Waals surface area (Å²) in [5.74, 6) is 0.0643. The molecule has 0 atom stereocenters. The van der Waals surface area contributed by atoms with Gasteiger partial charge in [-0.25, -0.2) is 4.57 Å². The Balaban J connectivity index is 2.10. The zero-order valence-corrected chi connectivity index (χ0v) is 9.29. The van der Waals surface area contributed by atoms with Gasteiger partial charge in [0.1, 0.15) is 0 Å². The summed E-state index contributed by atoms with van der Waals surface area (Å²) in [5.41, 5.74) is 0. The third kappa shape index (κ3) is 2.43. The monoisotopic (exact) mass is 244 g/mol. The van der Waals surface area contributed by atoms with Crippen molar-refractivity contribution in [3.8, 4) is 11.9 Å². The fourth-order valence-electron chi connectivity index (χ4n) is 0.924. The molecule has 7 nitrogen and oxygen atoms in total. The van der Waals surface area contributed by atoms with Crippen molar-refractivity contribution in [2.45, 2.75) is 6.92 Å². The fraction of sp³-hybridized carbons (Fsp3) is 0.250. The molecule has 2 aromatic rings. The highest BCUT2D eigenvalue weighted by Crippen LogP contribution is 2.47. The Morgan fingerprint density at radius 3 is 2.00 bits per heavy atom. The molecule has 2 rings (SSSR count). The van der Waals surface area contributed by atoms with Gasteiger partial charge in [0.15, 0.2) is 0 Å². The average Bonchev–Trinajstić information content (AvgIpc) is 2.91. The van der Waals surface area contributed by atoms with E-state index in [1.165, 1.54) is 24.5 Å². The molecule has 2 aromatic heterocycles. The molecule has 0 N–H and O–H groups in total. The van der Waals surface area contributed by atoms with E-state index in [0.717, 1.165) is 0 Å². The molecule has 0 aliphatic carbocycles. The second-order valence-electron chi connectivity index (χ2n) is 2.77. The van der Waals surface area contributed by atoms with Gasteiger partial charge in [-0.05, 0) is 0 Å². The summed E-state index contributed by atoms with van der Waals surface area (Å²) in [6.45, 7) is 1.66. The summed E-state index contributed by atoms with van der Waals surface area (Å²) in [6.07, 6.45) is 2.92. The second-order valence-corrected chi connectivity index (χ2v) is 4.99.